The number of halogens is 1. The number of piperidine rings is 1. The van der Waals surface area contributed by atoms with Gasteiger partial charge in [-0.15, -0.1) is 0 Å². The summed E-state index contributed by atoms with van der Waals surface area (Å²) in [5.74, 6) is 1.54. The third-order valence-corrected chi connectivity index (χ3v) is 4.18. The molecule has 0 N–H and O–H groups in total. The molecule has 1 aliphatic heterocycles. The smallest absolute Gasteiger partial charge is 0.146 e. The maximum Gasteiger partial charge on any atom is 0.146 e. The molecule has 0 aromatic heterocycles. The van der Waals surface area contributed by atoms with Crippen LogP contribution in [0.3, 0.4) is 0 Å². The van der Waals surface area contributed by atoms with Crippen molar-refractivity contribution >= 4 is 5.69 Å². The van der Waals surface area contributed by atoms with Gasteiger partial charge in [-0.05, 0) is 36.8 Å². The van der Waals surface area contributed by atoms with Gasteiger partial charge in [0.15, 0.2) is 0 Å². The zero-order valence-corrected chi connectivity index (χ0v) is 10.8. The van der Waals surface area contributed by atoms with E-state index < -0.39 is 0 Å². The second-order valence-electron chi connectivity index (χ2n) is 5.16. The van der Waals surface area contributed by atoms with Crippen molar-refractivity contribution in [1.29, 1.82) is 0 Å². The summed E-state index contributed by atoms with van der Waals surface area (Å²) >= 11 is 0. The Balaban J connectivity index is 1.98. The van der Waals surface area contributed by atoms with Gasteiger partial charge in [0, 0.05) is 13.1 Å². The minimum Gasteiger partial charge on any atom is -0.369 e. The summed E-state index contributed by atoms with van der Waals surface area (Å²) in [5.41, 5.74) is 0.773. The van der Waals surface area contributed by atoms with Crippen molar-refractivity contribution in [2.75, 3.05) is 18.0 Å². The number of para-hydroxylation sites is 1. The Kier molecular flexibility index (Phi) is 4.03. The summed E-state index contributed by atoms with van der Waals surface area (Å²) in [4.78, 5) is 2.19. The number of hydrogen-bond donors (Lipinski definition) is 0. The van der Waals surface area contributed by atoms with E-state index in [2.05, 4.69) is 18.7 Å². The van der Waals surface area contributed by atoms with Gasteiger partial charge >= 0.3 is 0 Å². The van der Waals surface area contributed by atoms with Crippen LogP contribution >= 0.6 is 0 Å². The van der Waals surface area contributed by atoms with Gasteiger partial charge in [-0.25, -0.2) is 4.39 Å². The predicted octanol–water partition coefficient (Wildman–Crippen LogP) is 4.09. The molecule has 0 saturated carbocycles. The number of benzene rings is 1. The van der Waals surface area contributed by atoms with Crippen LogP contribution < -0.4 is 4.90 Å². The largest absolute Gasteiger partial charge is 0.369 e. The zero-order chi connectivity index (χ0) is 12.3. The van der Waals surface area contributed by atoms with Crippen LogP contribution in [-0.2, 0) is 0 Å². The fourth-order valence-corrected chi connectivity index (χ4v) is 2.75. The van der Waals surface area contributed by atoms with E-state index in [1.807, 2.05) is 12.1 Å². The Bertz CT molecular complexity index is 356. The monoisotopic (exact) mass is 235 g/mol. The number of rotatable bonds is 3. The highest BCUT2D eigenvalue weighted by molar-refractivity contribution is 5.47. The molecule has 0 radical (unpaired) electrons. The van der Waals surface area contributed by atoms with Crippen LogP contribution in [0.4, 0.5) is 10.1 Å². The fourth-order valence-electron chi connectivity index (χ4n) is 2.75. The molecule has 1 nitrogen and oxygen atoms in total. The van der Waals surface area contributed by atoms with Crippen LogP contribution in [0.25, 0.3) is 0 Å². The maximum absolute atomic E-state index is 13.7. The third kappa shape index (κ3) is 2.80. The fraction of sp³-hybridized carbons (Fsp3) is 0.600. The van der Waals surface area contributed by atoms with Gasteiger partial charge in [0.05, 0.1) is 5.69 Å². The van der Waals surface area contributed by atoms with Crippen molar-refractivity contribution in [3.63, 3.8) is 0 Å². The van der Waals surface area contributed by atoms with Crippen molar-refractivity contribution in [1.82, 2.24) is 0 Å². The van der Waals surface area contributed by atoms with E-state index in [0.29, 0.717) is 0 Å². The van der Waals surface area contributed by atoms with Gasteiger partial charge in [-0.3, -0.25) is 0 Å². The van der Waals surface area contributed by atoms with Gasteiger partial charge in [-0.2, -0.15) is 0 Å². The standard InChI is InChI=1S/C15H22FN/c1-3-12(2)13-8-10-17(11-9-13)15-7-5-4-6-14(15)16/h4-7,12-13H,3,8-11H2,1-2H3. The second kappa shape index (κ2) is 5.52. The highest BCUT2D eigenvalue weighted by atomic mass is 19.1. The van der Waals surface area contributed by atoms with Gasteiger partial charge in [0.2, 0.25) is 0 Å². The van der Waals surface area contributed by atoms with E-state index >= 15 is 0 Å². The predicted molar refractivity (Wildman–Crippen MR) is 70.8 cm³/mol. The van der Waals surface area contributed by atoms with Gasteiger partial charge in [0.25, 0.3) is 0 Å². The van der Waals surface area contributed by atoms with E-state index in [1.54, 1.807) is 12.1 Å². The molecular weight excluding hydrogens is 213 g/mol. The Labute approximate surface area is 104 Å². The van der Waals surface area contributed by atoms with Crippen molar-refractivity contribution in [3.8, 4) is 0 Å². The molecule has 94 valence electrons. The molecule has 0 bridgehead atoms. The lowest BCUT2D eigenvalue weighted by molar-refractivity contribution is 0.285. The Morgan fingerprint density at radius 1 is 1.29 bits per heavy atom. The van der Waals surface area contributed by atoms with E-state index in [4.69, 9.17) is 0 Å². The average molecular weight is 235 g/mol. The summed E-state index contributed by atoms with van der Waals surface area (Å²) in [6.45, 7) is 6.59. The van der Waals surface area contributed by atoms with Gasteiger partial charge in [-0.1, -0.05) is 32.4 Å². The Morgan fingerprint density at radius 2 is 1.94 bits per heavy atom. The molecule has 0 aliphatic carbocycles. The SMILES string of the molecule is CCC(C)C1CCN(c2ccccc2F)CC1. The maximum atomic E-state index is 13.7. The number of anilines is 1. The van der Waals surface area contributed by atoms with E-state index in [0.717, 1.165) is 30.6 Å². The normalized spacial score (nSPS) is 19.4. The lowest BCUT2D eigenvalue weighted by Crippen LogP contribution is -2.36. The first-order valence-electron chi connectivity index (χ1n) is 6.71. The summed E-state index contributed by atoms with van der Waals surface area (Å²) in [6, 6.07) is 7.11. The summed E-state index contributed by atoms with van der Waals surface area (Å²) < 4.78 is 13.7. The van der Waals surface area contributed by atoms with Crippen LogP contribution in [0.5, 0.6) is 0 Å². The first-order chi connectivity index (χ1) is 8.22. The zero-order valence-electron chi connectivity index (χ0n) is 10.8. The van der Waals surface area contributed by atoms with Crippen molar-refractivity contribution in [2.45, 2.75) is 33.1 Å². The topological polar surface area (TPSA) is 3.24 Å². The molecule has 1 unspecified atom stereocenters. The molecule has 17 heavy (non-hydrogen) atoms. The van der Waals surface area contributed by atoms with Crippen LogP contribution in [0.2, 0.25) is 0 Å². The molecule has 1 atom stereocenters. The van der Waals surface area contributed by atoms with Gasteiger partial charge in [0.1, 0.15) is 5.82 Å². The molecule has 2 heteroatoms. The minimum absolute atomic E-state index is 0.0884. The average Bonchev–Trinajstić information content (AvgIpc) is 2.39. The molecule has 2 rings (SSSR count). The van der Waals surface area contributed by atoms with Crippen LogP contribution in [0, 0.1) is 17.7 Å². The summed E-state index contributed by atoms with van der Waals surface area (Å²) in [7, 11) is 0. The molecule has 0 amide bonds. The molecular formula is C15H22FN. The van der Waals surface area contributed by atoms with Crippen molar-refractivity contribution < 1.29 is 4.39 Å². The lowest BCUT2D eigenvalue weighted by atomic mass is 9.84. The number of nitrogens with zero attached hydrogens (tertiary/aromatic N) is 1. The molecule has 1 saturated heterocycles. The van der Waals surface area contributed by atoms with E-state index in [1.165, 1.54) is 19.3 Å². The lowest BCUT2D eigenvalue weighted by Gasteiger charge is -2.36. The molecule has 0 spiro atoms. The highest BCUT2D eigenvalue weighted by Crippen LogP contribution is 2.30. The third-order valence-electron chi connectivity index (χ3n) is 4.18. The molecule has 1 fully saturated rings. The van der Waals surface area contributed by atoms with Crippen LogP contribution in [0.15, 0.2) is 24.3 Å². The number of hydrogen-bond acceptors (Lipinski definition) is 1. The van der Waals surface area contributed by atoms with Crippen molar-refractivity contribution in [2.24, 2.45) is 11.8 Å². The van der Waals surface area contributed by atoms with Crippen LogP contribution in [-0.4, -0.2) is 13.1 Å². The van der Waals surface area contributed by atoms with E-state index in [-0.39, 0.29) is 5.82 Å². The first-order valence-corrected chi connectivity index (χ1v) is 6.71. The quantitative estimate of drug-likeness (QED) is 0.762. The van der Waals surface area contributed by atoms with Crippen molar-refractivity contribution in [3.05, 3.63) is 30.1 Å². The molecule has 1 heterocycles. The Hall–Kier alpha value is -1.05. The summed E-state index contributed by atoms with van der Waals surface area (Å²) in [5, 5.41) is 0. The van der Waals surface area contributed by atoms with E-state index in [9.17, 15) is 4.39 Å². The first kappa shape index (κ1) is 12.4. The van der Waals surface area contributed by atoms with Gasteiger partial charge < -0.3 is 4.90 Å². The van der Waals surface area contributed by atoms with Crippen LogP contribution in [0.1, 0.15) is 33.1 Å². The highest BCUT2D eigenvalue weighted by Gasteiger charge is 2.23. The molecule has 1 aromatic carbocycles. The molecule has 1 aromatic rings. The summed E-state index contributed by atoms with van der Waals surface area (Å²) in [6.07, 6.45) is 3.65. The molecule has 1 aliphatic rings. The minimum atomic E-state index is -0.0884. The Morgan fingerprint density at radius 3 is 2.53 bits per heavy atom. The second-order valence-corrected chi connectivity index (χ2v) is 5.16.